The SMILES string of the molecule is CC(F)c1nnc2cnc(-c3cnc(O[C@@H](C)C(F)(F)F)c(F)c3)cn12. The number of hydrogen-bond acceptors (Lipinski definition) is 5. The van der Waals surface area contributed by atoms with E-state index in [1.165, 1.54) is 23.7 Å². The Labute approximate surface area is 143 Å². The number of aromatic nitrogens is 5. The molecule has 0 aliphatic rings. The summed E-state index contributed by atoms with van der Waals surface area (Å²) in [4.78, 5) is 7.63. The van der Waals surface area contributed by atoms with Crippen molar-refractivity contribution in [1.29, 1.82) is 0 Å². The smallest absolute Gasteiger partial charge is 0.425 e. The maximum atomic E-state index is 14.1. The molecular formula is C15H12F5N5O. The average Bonchev–Trinajstić information content (AvgIpc) is 2.99. The number of fused-ring (bicyclic) bond motifs is 1. The van der Waals surface area contributed by atoms with Gasteiger partial charge in [-0.15, -0.1) is 10.2 Å². The van der Waals surface area contributed by atoms with Gasteiger partial charge in [0.05, 0.1) is 11.9 Å². The first kappa shape index (κ1) is 18.0. The van der Waals surface area contributed by atoms with Crippen LogP contribution < -0.4 is 4.74 Å². The lowest BCUT2D eigenvalue weighted by atomic mass is 10.2. The van der Waals surface area contributed by atoms with Gasteiger partial charge in [-0.2, -0.15) is 13.2 Å². The minimum atomic E-state index is -4.65. The van der Waals surface area contributed by atoms with E-state index in [0.29, 0.717) is 5.65 Å². The fourth-order valence-electron chi connectivity index (χ4n) is 2.13. The summed E-state index contributed by atoms with van der Waals surface area (Å²) in [5.74, 6) is -1.82. The van der Waals surface area contributed by atoms with E-state index in [4.69, 9.17) is 0 Å². The maximum absolute atomic E-state index is 14.1. The molecule has 3 aromatic heterocycles. The average molecular weight is 373 g/mol. The van der Waals surface area contributed by atoms with Crippen LogP contribution in [0, 0.1) is 5.82 Å². The van der Waals surface area contributed by atoms with Crippen LogP contribution in [0.4, 0.5) is 22.0 Å². The Hall–Kier alpha value is -2.85. The van der Waals surface area contributed by atoms with Crippen LogP contribution in [0.25, 0.3) is 16.9 Å². The van der Waals surface area contributed by atoms with Crippen LogP contribution in [0.15, 0.2) is 24.7 Å². The van der Waals surface area contributed by atoms with E-state index in [0.717, 1.165) is 19.2 Å². The molecule has 0 radical (unpaired) electrons. The molecule has 138 valence electrons. The van der Waals surface area contributed by atoms with E-state index in [2.05, 4.69) is 24.9 Å². The molecule has 0 amide bonds. The lowest BCUT2D eigenvalue weighted by Crippen LogP contribution is -2.31. The van der Waals surface area contributed by atoms with E-state index < -0.39 is 30.1 Å². The van der Waals surface area contributed by atoms with Crippen molar-refractivity contribution in [3.8, 4) is 17.1 Å². The summed E-state index contributed by atoms with van der Waals surface area (Å²) in [5.41, 5.74) is 0.671. The summed E-state index contributed by atoms with van der Waals surface area (Å²) in [6.07, 6.45) is -4.45. The Bertz CT molecular complexity index is 940. The number of rotatable bonds is 4. The van der Waals surface area contributed by atoms with Crippen molar-refractivity contribution in [1.82, 2.24) is 24.6 Å². The second-order valence-corrected chi connectivity index (χ2v) is 5.49. The fraction of sp³-hybridized carbons (Fsp3) is 0.333. The van der Waals surface area contributed by atoms with E-state index in [1.54, 1.807) is 0 Å². The molecule has 3 heterocycles. The summed E-state index contributed by atoms with van der Waals surface area (Å²) < 4.78 is 71.0. The zero-order valence-corrected chi connectivity index (χ0v) is 13.5. The van der Waals surface area contributed by atoms with Crippen LogP contribution in [0.5, 0.6) is 5.88 Å². The summed E-state index contributed by atoms with van der Waals surface area (Å²) in [7, 11) is 0. The zero-order chi connectivity index (χ0) is 19.1. The third-order valence-corrected chi connectivity index (χ3v) is 3.53. The Balaban J connectivity index is 1.94. The Morgan fingerprint density at radius 3 is 2.46 bits per heavy atom. The monoisotopic (exact) mass is 373 g/mol. The number of nitrogens with zero attached hydrogens (tertiary/aromatic N) is 5. The van der Waals surface area contributed by atoms with Crippen LogP contribution in [0.3, 0.4) is 0 Å². The van der Waals surface area contributed by atoms with Gasteiger partial charge in [-0.25, -0.2) is 13.8 Å². The van der Waals surface area contributed by atoms with Crippen LogP contribution in [0.2, 0.25) is 0 Å². The molecule has 1 unspecified atom stereocenters. The first-order chi connectivity index (χ1) is 12.2. The molecule has 3 rings (SSSR count). The van der Waals surface area contributed by atoms with Gasteiger partial charge in [0.1, 0.15) is 0 Å². The maximum Gasteiger partial charge on any atom is 0.425 e. The zero-order valence-electron chi connectivity index (χ0n) is 13.5. The van der Waals surface area contributed by atoms with Gasteiger partial charge in [0.15, 0.2) is 29.6 Å². The summed E-state index contributed by atoms with van der Waals surface area (Å²) in [5, 5.41) is 7.45. The summed E-state index contributed by atoms with van der Waals surface area (Å²) in [6.45, 7) is 2.03. The van der Waals surface area contributed by atoms with Gasteiger partial charge in [-0.05, 0) is 19.9 Å². The molecule has 0 aromatic carbocycles. The van der Waals surface area contributed by atoms with Gasteiger partial charge in [-0.3, -0.25) is 9.38 Å². The Kier molecular flexibility index (Phi) is 4.46. The normalized spacial score (nSPS) is 14.4. The van der Waals surface area contributed by atoms with Crippen molar-refractivity contribution in [2.45, 2.75) is 32.3 Å². The second kappa shape index (κ2) is 6.46. The molecule has 3 aromatic rings. The van der Waals surface area contributed by atoms with Crippen LogP contribution in [-0.2, 0) is 0 Å². The van der Waals surface area contributed by atoms with Gasteiger partial charge < -0.3 is 4.74 Å². The minimum absolute atomic E-state index is 0.0380. The lowest BCUT2D eigenvalue weighted by molar-refractivity contribution is -0.190. The number of halogens is 5. The Morgan fingerprint density at radius 2 is 1.85 bits per heavy atom. The van der Waals surface area contributed by atoms with E-state index in [9.17, 15) is 22.0 Å². The van der Waals surface area contributed by atoms with E-state index in [-0.39, 0.29) is 17.1 Å². The van der Waals surface area contributed by atoms with Crippen LogP contribution in [-0.4, -0.2) is 36.8 Å². The van der Waals surface area contributed by atoms with Crippen LogP contribution in [0.1, 0.15) is 25.8 Å². The summed E-state index contributed by atoms with van der Waals surface area (Å²) >= 11 is 0. The first-order valence-corrected chi connectivity index (χ1v) is 7.41. The highest BCUT2D eigenvalue weighted by molar-refractivity contribution is 5.59. The highest BCUT2D eigenvalue weighted by Crippen LogP contribution is 2.27. The second-order valence-electron chi connectivity index (χ2n) is 5.49. The lowest BCUT2D eigenvalue weighted by Gasteiger charge is -2.17. The minimum Gasteiger partial charge on any atom is -0.463 e. The quantitative estimate of drug-likeness (QED) is 0.653. The number of pyridine rings is 1. The predicted octanol–water partition coefficient (Wildman–Crippen LogP) is 3.69. The highest BCUT2D eigenvalue weighted by atomic mass is 19.4. The molecule has 0 bridgehead atoms. The molecule has 0 aliphatic carbocycles. The van der Waals surface area contributed by atoms with Gasteiger partial charge in [-0.1, -0.05) is 0 Å². The molecule has 0 fully saturated rings. The summed E-state index contributed by atoms with van der Waals surface area (Å²) in [6, 6.07) is 0.933. The van der Waals surface area contributed by atoms with Gasteiger partial charge in [0, 0.05) is 18.0 Å². The topological polar surface area (TPSA) is 65.2 Å². The van der Waals surface area contributed by atoms with Crippen LogP contribution >= 0.6 is 0 Å². The molecule has 0 saturated carbocycles. The van der Waals surface area contributed by atoms with Crippen molar-refractivity contribution in [2.24, 2.45) is 0 Å². The van der Waals surface area contributed by atoms with Gasteiger partial charge >= 0.3 is 6.18 Å². The Morgan fingerprint density at radius 1 is 1.12 bits per heavy atom. The molecular weight excluding hydrogens is 361 g/mol. The van der Waals surface area contributed by atoms with E-state index in [1.807, 2.05) is 0 Å². The fourth-order valence-corrected chi connectivity index (χ4v) is 2.13. The number of alkyl halides is 4. The standard InChI is InChI=1S/C15H12F5N5O/c1-7(16)13-24-23-12-5-21-11(6-25(12)13)9-3-10(17)14(22-4-9)26-8(2)15(18,19)20/h3-8H,1-2H3/t7?,8-/m0/s1. The van der Waals surface area contributed by atoms with Gasteiger partial charge in [0.25, 0.3) is 5.88 Å². The van der Waals surface area contributed by atoms with Crippen molar-refractivity contribution in [3.63, 3.8) is 0 Å². The molecule has 0 saturated heterocycles. The van der Waals surface area contributed by atoms with Crippen molar-refractivity contribution in [3.05, 3.63) is 36.3 Å². The molecule has 0 spiro atoms. The number of hydrogen-bond donors (Lipinski definition) is 0. The highest BCUT2D eigenvalue weighted by Gasteiger charge is 2.38. The molecule has 0 aliphatic heterocycles. The molecule has 11 heteroatoms. The first-order valence-electron chi connectivity index (χ1n) is 7.41. The largest absolute Gasteiger partial charge is 0.463 e. The van der Waals surface area contributed by atoms with Gasteiger partial charge in [0.2, 0.25) is 0 Å². The molecule has 2 atom stereocenters. The molecule has 0 N–H and O–H groups in total. The third-order valence-electron chi connectivity index (χ3n) is 3.53. The third kappa shape index (κ3) is 3.41. The van der Waals surface area contributed by atoms with Crippen molar-refractivity contribution >= 4 is 5.65 Å². The van der Waals surface area contributed by atoms with Crippen molar-refractivity contribution in [2.75, 3.05) is 0 Å². The predicted molar refractivity (Wildman–Crippen MR) is 79.6 cm³/mol. The molecule has 6 nitrogen and oxygen atoms in total. The molecule has 26 heavy (non-hydrogen) atoms. The number of ether oxygens (including phenoxy) is 1. The van der Waals surface area contributed by atoms with E-state index >= 15 is 0 Å². The van der Waals surface area contributed by atoms with Crippen molar-refractivity contribution < 1.29 is 26.7 Å².